The van der Waals surface area contributed by atoms with Gasteiger partial charge in [-0.15, -0.1) is 0 Å². The molecule has 24 valence electrons. The third-order valence-electron chi connectivity index (χ3n) is 0.0962. The van der Waals surface area contributed by atoms with Crippen LogP contribution in [-0.2, 0) is 8.58 Å². The zero-order valence-electron chi connectivity index (χ0n) is 2.39. The third kappa shape index (κ3) is 12.1. The van der Waals surface area contributed by atoms with Crippen LogP contribution < -0.4 is 0 Å². The van der Waals surface area contributed by atoms with Gasteiger partial charge in [-0.25, -0.2) is 0 Å². The van der Waals surface area contributed by atoms with Crippen molar-refractivity contribution in [3.05, 3.63) is 0 Å². The maximum absolute atomic E-state index is 8.99. The second-order valence-electron chi connectivity index (χ2n) is 0.332. The summed E-state index contributed by atoms with van der Waals surface area (Å²) >= 11 is 0.522. The fraction of sp³-hybridized carbons (Fsp3) is 0. The van der Waals surface area contributed by atoms with Gasteiger partial charge in [0.2, 0.25) is 0 Å². The average Bonchev–Trinajstić information content (AvgIpc) is 1.37. The molecule has 2 nitrogen and oxygen atoms in total. The van der Waals surface area contributed by atoms with Gasteiger partial charge in [0.1, 0.15) is 0 Å². The first kappa shape index (κ1) is 9.14. The SMILES string of the molecule is O=C[O][AlH2].[LiH]. The number of carbonyl (C=O) groups is 1. The van der Waals surface area contributed by atoms with Crippen molar-refractivity contribution in [1.29, 1.82) is 0 Å². The first-order valence-electron chi connectivity index (χ1n) is 0.880. The molecule has 0 aromatic carbocycles. The Balaban J connectivity index is 0. The van der Waals surface area contributed by atoms with Gasteiger partial charge >= 0.3 is 35.5 Å². The van der Waals surface area contributed by atoms with Crippen molar-refractivity contribution in [2.75, 3.05) is 0 Å². The minimum absolute atomic E-state index is 0. The van der Waals surface area contributed by atoms with Crippen LogP contribution in [0.25, 0.3) is 0 Å². The molecule has 0 unspecified atom stereocenters. The van der Waals surface area contributed by atoms with Crippen LogP contribution in [0.4, 0.5) is 0 Å². The summed E-state index contributed by atoms with van der Waals surface area (Å²) in [6.07, 6.45) is 0. The quantitative estimate of drug-likeness (QED) is 0.271. The van der Waals surface area contributed by atoms with Crippen molar-refractivity contribution in [2.24, 2.45) is 0 Å². The van der Waals surface area contributed by atoms with Gasteiger partial charge in [0.25, 0.3) is 6.47 Å². The summed E-state index contributed by atoms with van der Waals surface area (Å²) in [6.45, 7) is 0.437. The Morgan fingerprint density at radius 2 is 2.00 bits per heavy atom. The molecule has 0 spiro atoms. The van der Waals surface area contributed by atoms with E-state index >= 15 is 0 Å². The zero-order chi connectivity index (χ0) is 3.41. The molecular formula is CH4AlLiO2. The molecule has 0 heterocycles. The molecule has 0 bridgehead atoms. The monoisotopic (exact) mass is 82.0 g/mol. The van der Waals surface area contributed by atoms with Gasteiger partial charge in [-0.3, -0.25) is 4.79 Å². The Morgan fingerprint density at radius 1 is 1.80 bits per heavy atom. The summed E-state index contributed by atoms with van der Waals surface area (Å²) in [7, 11) is 0. The Morgan fingerprint density at radius 3 is 2.00 bits per heavy atom. The van der Waals surface area contributed by atoms with Crippen LogP contribution in [0.3, 0.4) is 0 Å². The Labute approximate surface area is 50.8 Å². The molecule has 0 amide bonds. The van der Waals surface area contributed by atoms with Crippen LogP contribution in [0.15, 0.2) is 0 Å². The van der Waals surface area contributed by atoms with E-state index in [9.17, 15) is 0 Å². The van der Waals surface area contributed by atoms with Gasteiger partial charge in [-0.2, -0.15) is 0 Å². The fourth-order valence-electron chi connectivity index (χ4n) is 0. The summed E-state index contributed by atoms with van der Waals surface area (Å²) in [5, 5.41) is 0. The van der Waals surface area contributed by atoms with E-state index in [1.165, 1.54) is 0 Å². The molecular weight excluding hydrogens is 77.9 g/mol. The molecule has 0 saturated carbocycles. The summed E-state index contributed by atoms with van der Waals surface area (Å²) in [6, 6.07) is 0. The van der Waals surface area contributed by atoms with Crippen LogP contribution in [0.1, 0.15) is 0 Å². The number of rotatable bonds is 1. The molecule has 0 aliphatic rings. The van der Waals surface area contributed by atoms with Crippen LogP contribution in [0.2, 0.25) is 0 Å². The summed E-state index contributed by atoms with van der Waals surface area (Å²) in [4.78, 5) is 8.99. The van der Waals surface area contributed by atoms with Crippen LogP contribution in [0, 0.1) is 0 Å². The van der Waals surface area contributed by atoms with Crippen LogP contribution in [0.5, 0.6) is 0 Å². The molecule has 0 aromatic rings. The molecule has 0 aliphatic carbocycles. The van der Waals surface area contributed by atoms with E-state index in [2.05, 4.69) is 3.79 Å². The number of hydrogen-bond acceptors (Lipinski definition) is 2. The predicted molar refractivity (Wildman–Crippen MR) is 22.8 cm³/mol. The topological polar surface area (TPSA) is 26.3 Å². The fourth-order valence-corrected chi connectivity index (χ4v) is 0. The van der Waals surface area contributed by atoms with E-state index in [4.69, 9.17) is 4.79 Å². The molecule has 0 rings (SSSR count). The second-order valence-corrected chi connectivity index (χ2v) is 0.803. The minimum atomic E-state index is 0. The molecule has 0 N–H and O–H groups in total. The first-order chi connectivity index (χ1) is 1.91. The predicted octanol–water partition coefficient (Wildman–Crippen LogP) is -1.94. The van der Waals surface area contributed by atoms with Gasteiger partial charge in [0, 0.05) is 0 Å². The molecule has 0 fully saturated rings. The standard InChI is InChI=1S/CH2O2.Al.Li.3H/c2-1-3;;;;;/h1H,(H,2,3);;;;;/q;+1;;;;/p-1. The molecule has 0 radical (unpaired) electrons. The Kier molecular flexibility index (Phi) is 16.1. The summed E-state index contributed by atoms with van der Waals surface area (Å²) < 4.78 is 4.00. The van der Waals surface area contributed by atoms with Crippen LogP contribution >= 0.6 is 0 Å². The van der Waals surface area contributed by atoms with E-state index in [0.29, 0.717) is 23.1 Å². The van der Waals surface area contributed by atoms with Crippen LogP contribution in [-0.4, -0.2) is 42.0 Å². The molecule has 0 atom stereocenters. The van der Waals surface area contributed by atoms with E-state index < -0.39 is 0 Å². The van der Waals surface area contributed by atoms with Gasteiger partial charge in [0.15, 0.2) is 0 Å². The van der Waals surface area contributed by atoms with Crippen molar-refractivity contribution >= 4 is 42.0 Å². The first-order valence-corrected chi connectivity index (χ1v) is 1.70. The van der Waals surface area contributed by atoms with Crippen molar-refractivity contribution in [3.8, 4) is 0 Å². The van der Waals surface area contributed by atoms with Gasteiger partial charge < -0.3 is 3.79 Å². The molecule has 4 heteroatoms. The van der Waals surface area contributed by atoms with E-state index in [1.807, 2.05) is 0 Å². The Hall–Kier alpha value is 0.600. The number of carbonyl (C=O) groups excluding carboxylic acids is 1. The normalized spacial score (nSPS) is 4.00. The second kappa shape index (κ2) is 8.82. The zero-order valence-corrected chi connectivity index (χ0v) is 4.39. The van der Waals surface area contributed by atoms with Gasteiger partial charge in [0.05, 0.1) is 0 Å². The molecule has 0 saturated heterocycles. The Bertz CT molecular complexity index is 23.6. The molecule has 0 aliphatic heterocycles. The van der Waals surface area contributed by atoms with Crippen molar-refractivity contribution in [2.45, 2.75) is 0 Å². The third-order valence-corrected chi connectivity index (χ3v) is 0.289. The van der Waals surface area contributed by atoms with Crippen molar-refractivity contribution in [3.63, 3.8) is 0 Å². The average molecular weight is 82.0 g/mol. The van der Waals surface area contributed by atoms with Gasteiger partial charge in [-0.1, -0.05) is 0 Å². The maximum atomic E-state index is 8.99. The summed E-state index contributed by atoms with van der Waals surface area (Å²) in [5.74, 6) is 0. The molecule has 0 aromatic heterocycles. The van der Waals surface area contributed by atoms with Gasteiger partial charge in [-0.05, 0) is 0 Å². The van der Waals surface area contributed by atoms with E-state index in [-0.39, 0.29) is 18.9 Å². The van der Waals surface area contributed by atoms with E-state index in [0.717, 1.165) is 0 Å². The van der Waals surface area contributed by atoms with Crippen molar-refractivity contribution < 1.29 is 8.58 Å². The molecule has 5 heavy (non-hydrogen) atoms. The van der Waals surface area contributed by atoms with Crippen molar-refractivity contribution in [1.82, 2.24) is 0 Å². The van der Waals surface area contributed by atoms with E-state index in [1.54, 1.807) is 0 Å². The number of hydrogen-bond donors (Lipinski definition) is 0. The summed E-state index contributed by atoms with van der Waals surface area (Å²) in [5.41, 5.74) is 0.